The largest absolute Gasteiger partial charge is 1.00 e. The fraction of sp³-hybridized carbons (Fsp3) is 1.00. The van der Waals surface area contributed by atoms with Gasteiger partial charge in [-0.3, -0.25) is 0 Å². The molecule has 0 unspecified atom stereocenters. The maximum absolute atomic E-state index is 2.25. The second-order valence-electron chi connectivity index (χ2n) is 1.75. The molecular formula is C6H16NaP. The van der Waals surface area contributed by atoms with Gasteiger partial charge in [-0.05, 0) is 12.3 Å². The summed E-state index contributed by atoms with van der Waals surface area (Å²) in [6, 6.07) is 0. The molecule has 0 aliphatic rings. The molecule has 0 radical (unpaired) electrons. The maximum atomic E-state index is 2.25. The van der Waals surface area contributed by atoms with E-state index in [9.17, 15) is 0 Å². The summed E-state index contributed by atoms with van der Waals surface area (Å²) in [5.41, 5.74) is 0. The summed E-state index contributed by atoms with van der Waals surface area (Å²) < 4.78 is 0. The molecule has 0 aliphatic carbocycles. The molecule has 0 saturated carbocycles. The van der Waals surface area contributed by atoms with Gasteiger partial charge in [0.15, 0.2) is 0 Å². The topological polar surface area (TPSA) is 0 Å². The predicted octanol–water partition coefficient (Wildman–Crippen LogP) is -0.399. The average Bonchev–Trinajstić information content (AvgIpc) is 1.69. The van der Waals surface area contributed by atoms with Crippen LogP contribution >= 0.6 is 8.58 Å². The van der Waals surface area contributed by atoms with Gasteiger partial charge in [-0.1, -0.05) is 26.7 Å². The van der Waals surface area contributed by atoms with E-state index in [1.807, 2.05) is 0 Å². The van der Waals surface area contributed by atoms with Gasteiger partial charge in [-0.15, -0.1) is 8.58 Å². The molecule has 0 aliphatic heterocycles. The Balaban J connectivity index is -0.000000180. The molecule has 0 amide bonds. The van der Waals surface area contributed by atoms with Gasteiger partial charge in [-0.25, -0.2) is 0 Å². The Kier molecular flexibility index (Phi) is 17.1. The van der Waals surface area contributed by atoms with Crippen LogP contribution in [0.5, 0.6) is 0 Å². The molecule has 0 nitrogen and oxygen atoms in total. The van der Waals surface area contributed by atoms with Crippen molar-refractivity contribution in [2.24, 2.45) is 0 Å². The van der Waals surface area contributed by atoms with Crippen molar-refractivity contribution in [3.05, 3.63) is 0 Å². The first-order valence-corrected chi connectivity index (χ1v) is 4.54. The van der Waals surface area contributed by atoms with Crippen molar-refractivity contribution >= 4 is 8.58 Å². The Bertz CT molecular complexity index is 32.2. The summed E-state index contributed by atoms with van der Waals surface area (Å²) in [6.45, 7) is 4.51. The molecule has 0 rings (SSSR count). The summed E-state index contributed by atoms with van der Waals surface area (Å²) in [4.78, 5) is 0. The summed E-state index contributed by atoms with van der Waals surface area (Å²) in [6.07, 6.45) is 5.65. The molecule has 0 atom stereocenters. The average molecular weight is 142 g/mol. The maximum Gasteiger partial charge on any atom is 1.00 e. The van der Waals surface area contributed by atoms with Crippen molar-refractivity contribution in [2.45, 2.75) is 26.7 Å². The minimum absolute atomic E-state index is 0. The Morgan fingerprint density at radius 2 is 1.50 bits per heavy atom. The van der Waals surface area contributed by atoms with Crippen LogP contribution in [0.15, 0.2) is 0 Å². The van der Waals surface area contributed by atoms with Crippen LogP contribution in [0.25, 0.3) is 0 Å². The predicted molar refractivity (Wildman–Crippen MR) is 39.7 cm³/mol. The van der Waals surface area contributed by atoms with E-state index in [1.54, 1.807) is 0 Å². The third-order valence-corrected chi connectivity index (χ3v) is 2.56. The molecule has 8 heavy (non-hydrogen) atoms. The molecule has 0 aromatic heterocycles. The van der Waals surface area contributed by atoms with E-state index in [-0.39, 0.29) is 31.0 Å². The van der Waals surface area contributed by atoms with Crippen LogP contribution in [0.2, 0.25) is 0 Å². The summed E-state index contributed by atoms with van der Waals surface area (Å²) >= 11 is 0. The van der Waals surface area contributed by atoms with Crippen LogP contribution in [-0.2, 0) is 0 Å². The fourth-order valence-corrected chi connectivity index (χ4v) is 1.44. The van der Waals surface area contributed by atoms with Crippen LogP contribution in [0.1, 0.15) is 28.1 Å². The molecule has 2 heteroatoms. The van der Waals surface area contributed by atoms with Crippen LogP contribution < -0.4 is 29.6 Å². The molecule has 0 aromatic carbocycles. The van der Waals surface area contributed by atoms with E-state index in [2.05, 4.69) is 13.8 Å². The van der Waals surface area contributed by atoms with Crippen molar-refractivity contribution in [2.75, 3.05) is 12.3 Å². The molecule has 0 heterocycles. The molecule has 46 valence electrons. The second-order valence-corrected chi connectivity index (χ2v) is 3.25. The van der Waals surface area contributed by atoms with Crippen molar-refractivity contribution < 1.29 is 31.0 Å². The van der Waals surface area contributed by atoms with E-state index in [4.69, 9.17) is 0 Å². The number of hydrogen-bond acceptors (Lipinski definition) is 0. The van der Waals surface area contributed by atoms with Gasteiger partial charge in [0, 0.05) is 0 Å². The molecule has 0 saturated heterocycles. The first-order chi connectivity index (χ1) is 3.41. The molecule has 0 bridgehead atoms. The zero-order valence-corrected chi connectivity index (χ0v) is 9.33. The van der Waals surface area contributed by atoms with E-state index in [0.29, 0.717) is 0 Å². The first kappa shape index (κ1) is 12.1. The number of rotatable bonds is 4. The van der Waals surface area contributed by atoms with Gasteiger partial charge >= 0.3 is 29.6 Å². The van der Waals surface area contributed by atoms with E-state index in [1.165, 1.54) is 33.7 Å². The quantitative estimate of drug-likeness (QED) is 0.285. The molecule has 0 fully saturated rings. The van der Waals surface area contributed by atoms with Gasteiger partial charge in [0.25, 0.3) is 0 Å². The molecular weight excluding hydrogens is 126 g/mol. The Morgan fingerprint density at radius 3 is 1.75 bits per heavy atom. The minimum Gasteiger partial charge on any atom is -1.00 e. The minimum atomic E-state index is 0. The van der Waals surface area contributed by atoms with E-state index in [0.717, 1.165) is 0 Å². The van der Waals surface area contributed by atoms with Gasteiger partial charge in [0.2, 0.25) is 0 Å². The third kappa shape index (κ3) is 10.4. The van der Waals surface area contributed by atoms with Gasteiger partial charge in [0.1, 0.15) is 0 Å². The zero-order chi connectivity index (χ0) is 5.54. The zero-order valence-electron chi connectivity index (χ0n) is 7.33. The normalized spacial score (nSPS) is 8.25. The Hall–Kier alpha value is 1.43. The third-order valence-electron chi connectivity index (χ3n) is 0.854. The monoisotopic (exact) mass is 142 g/mol. The van der Waals surface area contributed by atoms with Crippen LogP contribution in [-0.4, -0.2) is 12.3 Å². The van der Waals surface area contributed by atoms with Gasteiger partial charge in [-0.2, -0.15) is 0 Å². The van der Waals surface area contributed by atoms with Crippen molar-refractivity contribution in [1.82, 2.24) is 0 Å². The summed E-state index contributed by atoms with van der Waals surface area (Å²) in [5.74, 6) is 0. The first-order valence-electron chi connectivity index (χ1n) is 3.12. The van der Waals surface area contributed by atoms with Crippen LogP contribution in [0, 0.1) is 0 Å². The van der Waals surface area contributed by atoms with Crippen molar-refractivity contribution in [1.29, 1.82) is 0 Å². The van der Waals surface area contributed by atoms with E-state index < -0.39 is 0 Å². The summed E-state index contributed by atoms with van der Waals surface area (Å²) in [7, 11) is 1.23. The molecule has 0 aromatic rings. The summed E-state index contributed by atoms with van der Waals surface area (Å²) in [5, 5.41) is 0. The van der Waals surface area contributed by atoms with Crippen LogP contribution in [0.3, 0.4) is 0 Å². The smallest absolute Gasteiger partial charge is 1.00 e. The van der Waals surface area contributed by atoms with Gasteiger partial charge < -0.3 is 1.43 Å². The van der Waals surface area contributed by atoms with E-state index >= 15 is 0 Å². The van der Waals surface area contributed by atoms with Crippen molar-refractivity contribution in [3.63, 3.8) is 0 Å². The number of hydrogen-bond donors (Lipinski definition) is 0. The fourth-order valence-electron chi connectivity index (χ4n) is 0.479. The second kappa shape index (κ2) is 11.3. The Labute approximate surface area is 78.4 Å². The molecule has 0 spiro atoms. The standard InChI is InChI=1S/C6H15P.Na.H/c1-3-5-7-6-4-2;;/h7H,3-6H2,1-2H3;;/q;+1;-1. The van der Waals surface area contributed by atoms with Gasteiger partial charge in [0.05, 0.1) is 0 Å². The SMILES string of the molecule is CCCPCCC.[H-].[Na+]. The van der Waals surface area contributed by atoms with Crippen molar-refractivity contribution in [3.8, 4) is 0 Å². The molecule has 0 N–H and O–H groups in total. The Morgan fingerprint density at radius 1 is 1.12 bits per heavy atom. The van der Waals surface area contributed by atoms with Crippen LogP contribution in [0.4, 0.5) is 0 Å².